The Morgan fingerprint density at radius 2 is 1.95 bits per heavy atom. The highest BCUT2D eigenvalue weighted by Crippen LogP contribution is 2.40. The summed E-state index contributed by atoms with van der Waals surface area (Å²) in [5.74, 6) is 3.26. The van der Waals surface area contributed by atoms with Crippen LogP contribution in [0.25, 0.3) is 0 Å². The average molecular weight is 300 g/mol. The lowest BCUT2D eigenvalue weighted by Crippen LogP contribution is -2.47. The Kier molecular flexibility index (Phi) is 7.20. The summed E-state index contributed by atoms with van der Waals surface area (Å²) in [6.07, 6.45) is 12.9. The summed E-state index contributed by atoms with van der Waals surface area (Å²) < 4.78 is 6.18. The van der Waals surface area contributed by atoms with Gasteiger partial charge in [-0.1, -0.05) is 39.0 Å². The van der Waals surface area contributed by atoms with Gasteiger partial charge in [-0.2, -0.15) is 11.8 Å². The molecule has 2 rings (SSSR count). The van der Waals surface area contributed by atoms with Crippen molar-refractivity contribution in [2.45, 2.75) is 82.8 Å². The summed E-state index contributed by atoms with van der Waals surface area (Å²) in [5, 5.41) is 0. The molecule has 0 bridgehead atoms. The first-order valence-electron chi connectivity index (χ1n) is 8.73. The highest BCUT2D eigenvalue weighted by molar-refractivity contribution is 7.99. The van der Waals surface area contributed by atoms with Crippen molar-refractivity contribution in [2.75, 3.05) is 18.1 Å². The molecule has 0 aromatic heterocycles. The van der Waals surface area contributed by atoms with Gasteiger partial charge < -0.3 is 10.5 Å². The van der Waals surface area contributed by atoms with Crippen molar-refractivity contribution in [3.8, 4) is 0 Å². The van der Waals surface area contributed by atoms with E-state index in [1.165, 1.54) is 75.7 Å². The molecule has 2 fully saturated rings. The van der Waals surface area contributed by atoms with Crippen LogP contribution >= 0.6 is 11.8 Å². The monoisotopic (exact) mass is 299 g/mol. The van der Waals surface area contributed by atoms with Crippen LogP contribution in [0.3, 0.4) is 0 Å². The van der Waals surface area contributed by atoms with Gasteiger partial charge in [-0.3, -0.25) is 0 Å². The first-order chi connectivity index (χ1) is 9.76. The fraction of sp³-hybridized carbons (Fsp3) is 1.00. The lowest BCUT2D eigenvalue weighted by Gasteiger charge is -2.44. The molecule has 2 heterocycles. The maximum absolute atomic E-state index is 6.49. The number of unbranched alkanes of at least 4 members (excludes halogenated alkanes) is 4. The Morgan fingerprint density at radius 3 is 2.70 bits per heavy atom. The highest BCUT2D eigenvalue weighted by atomic mass is 32.2. The van der Waals surface area contributed by atoms with Gasteiger partial charge in [0.05, 0.1) is 5.60 Å². The fourth-order valence-electron chi connectivity index (χ4n) is 3.74. The Bertz CT molecular complexity index is 260. The number of hydrogen-bond acceptors (Lipinski definition) is 3. The van der Waals surface area contributed by atoms with E-state index in [1.807, 2.05) is 0 Å². The molecule has 2 aliphatic rings. The molecule has 2 nitrogen and oxygen atoms in total. The SMILES string of the molecule is CCCCCCCC(N)C1CCOC2(CCSCC2)C1. The third kappa shape index (κ3) is 4.92. The third-order valence-corrected chi connectivity index (χ3v) is 6.17. The summed E-state index contributed by atoms with van der Waals surface area (Å²) in [6, 6.07) is 0.409. The van der Waals surface area contributed by atoms with Crippen LogP contribution in [-0.2, 0) is 4.74 Å². The summed E-state index contributed by atoms with van der Waals surface area (Å²) >= 11 is 2.08. The van der Waals surface area contributed by atoms with Gasteiger partial charge in [0.15, 0.2) is 0 Å². The maximum atomic E-state index is 6.49. The second kappa shape index (κ2) is 8.65. The van der Waals surface area contributed by atoms with E-state index in [2.05, 4.69) is 18.7 Å². The molecule has 2 saturated heterocycles. The van der Waals surface area contributed by atoms with Crippen LogP contribution in [0, 0.1) is 5.92 Å². The van der Waals surface area contributed by atoms with Crippen molar-refractivity contribution in [2.24, 2.45) is 11.7 Å². The first-order valence-corrected chi connectivity index (χ1v) is 9.88. The zero-order valence-electron chi connectivity index (χ0n) is 13.2. The van der Waals surface area contributed by atoms with Crippen LogP contribution in [0.1, 0.15) is 71.1 Å². The maximum Gasteiger partial charge on any atom is 0.0701 e. The predicted octanol–water partition coefficient (Wildman–Crippen LogP) is 4.37. The molecule has 0 aromatic carbocycles. The second-order valence-electron chi connectivity index (χ2n) is 6.76. The zero-order valence-corrected chi connectivity index (χ0v) is 14.1. The Balaban J connectivity index is 1.70. The molecule has 2 aliphatic heterocycles. The van der Waals surface area contributed by atoms with E-state index in [9.17, 15) is 0 Å². The fourth-order valence-corrected chi connectivity index (χ4v) is 4.98. The molecular weight excluding hydrogens is 266 g/mol. The standard InChI is InChI=1S/C17H33NOS/c1-2-3-4-5-6-7-16(18)15-8-11-19-17(14-15)9-12-20-13-10-17/h15-16H,2-14,18H2,1H3. The summed E-state index contributed by atoms with van der Waals surface area (Å²) in [4.78, 5) is 0. The number of nitrogens with two attached hydrogens (primary N) is 1. The van der Waals surface area contributed by atoms with Gasteiger partial charge in [-0.15, -0.1) is 0 Å². The minimum absolute atomic E-state index is 0.202. The number of hydrogen-bond donors (Lipinski definition) is 1. The van der Waals surface area contributed by atoms with E-state index in [0.29, 0.717) is 12.0 Å². The van der Waals surface area contributed by atoms with Gasteiger partial charge in [0.25, 0.3) is 0 Å². The predicted molar refractivity (Wildman–Crippen MR) is 89.3 cm³/mol. The van der Waals surface area contributed by atoms with Crippen LogP contribution in [0.15, 0.2) is 0 Å². The molecule has 2 unspecified atom stereocenters. The summed E-state index contributed by atoms with van der Waals surface area (Å²) in [6.45, 7) is 3.22. The molecule has 0 aliphatic carbocycles. The van der Waals surface area contributed by atoms with E-state index in [-0.39, 0.29) is 5.60 Å². The quantitative estimate of drug-likeness (QED) is 0.709. The topological polar surface area (TPSA) is 35.2 Å². The normalized spacial score (nSPS) is 27.6. The summed E-state index contributed by atoms with van der Waals surface area (Å²) in [5.41, 5.74) is 6.69. The Labute approximate surface area is 129 Å². The molecule has 3 heteroatoms. The number of rotatable bonds is 7. The smallest absolute Gasteiger partial charge is 0.0701 e. The van der Waals surface area contributed by atoms with Crippen molar-refractivity contribution in [3.05, 3.63) is 0 Å². The van der Waals surface area contributed by atoms with Crippen LogP contribution in [0.4, 0.5) is 0 Å². The largest absolute Gasteiger partial charge is 0.375 e. The summed E-state index contributed by atoms with van der Waals surface area (Å²) in [7, 11) is 0. The van der Waals surface area contributed by atoms with Gasteiger partial charge in [0, 0.05) is 12.6 Å². The highest BCUT2D eigenvalue weighted by Gasteiger charge is 2.40. The molecule has 0 saturated carbocycles. The molecule has 0 aromatic rings. The van der Waals surface area contributed by atoms with Crippen LogP contribution in [0.5, 0.6) is 0 Å². The van der Waals surface area contributed by atoms with Crippen molar-refractivity contribution in [1.82, 2.24) is 0 Å². The van der Waals surface area contributed by atoms with Crippen molar-refractivity contribution in [1.29, 1.82) is 0 Å². The minimum atomic E-state index is 0.202. The lowest BCUT2D eigenvalue weighted by molar-refractivity contribution is -0.106. The molecule has 118 valence electrons. The Morgan fingerprint density at radius 1 is 1.20 bits per heavy atom. The first kappa shape index (κ1) is 16.6. The average Bonchev–Trinajstić information content (AvgIpc) is 2.48. The van der Waals surface area contributed by atoms with Crippen molar-refractivity contribution in [3.63, 3.8) is 0 Å². The van der Waals surface area contributed by atoms with Crippen molar-refractivity contribution < 1.29 is 4.74 Å². The molecular formula is C17H33NOS. The van der Waals surface area contributed by atoms with E-state index in [4.69, 9.17) is 10.5 Å². The lowest BCUT2D eigenvalue weighted by atomic mass is 9.78. The molecule has 20 heavy (non-hydrogen) atoms. The van der Waals surface area contributed by atoms with Gasteiger partial charge >= 0.3 is 0 Å². The van der Waals surface area contributed by atoms with E-state index in [1.54, 1.807) is 0 Å². The minimum Gasteiger partial charge on any atom is -0.375 e. The van der Waals surface area contributed by atoms with Crippen LogP contribution in [0.2, 0.25) is 0 Å². The van der Waals surface area contributed by atoms with Gasteiger partial charge in [-0.05, 0) is 49.5 Å². The van der Waals surface area contributed by atoms with E-state index < -0.39 is 0 Å². The molecule has 1 spiro atoms. The van der Waals surface area contributed by atoms with Gasteiger partial charge in [0.1, 0.15) is 0 Å². The molecule has 2 atom stereocenters. The van der Waals surface area contributed by atoms with Crippen LogP contribution < -0.4 is 5.73 Å². The van der Waals surface area contributed by atoms with Crippen molar-refractivity contribution >= 4 is 11.8 Å². The molecule has 0 radical (unpaired) electrons. The zero-order chi connectivity index (χ0) is 14.3. The van der Waals surface area contributed by atoms with Gasteiger partial charge in [-0.25, -0.2) is 0 Å². The molecule has 0 amide bonds. The van der Waals surface area contributed by atoms with E-state index in [0.717, 1.165) is 6.61 Å². The Hall–Kier alpha value is 0.270. The van der Waals surface area contributed by atoms with E-state index >= 15 is 0 Å². The van der Waals surface area contributed by atoms with Gasteiger partial charge in [0.2, 0.25) is 0 Å². The molecule has 2 N–H and O–H groups in total. The second-order valence-corrected chi connectivity index (χ2v) is 7.99. The third-order valence-electron chi connectivity index (χ3n) is 5.18. The number of ether oxygens (including phenoxy) is 1. The van der Waals surface area contributed by atoms with Crippen LogP contribution in [-0.4, -0.2) is 29.8 Å². The number of thioether (sulfide) groups is 1.